The molecule has 2 heterocycles. The van der Waals surface area contributed by atoms with Crippen molar-refractivity contribution in [2.24, 2.45) is 28.6 Å². The molecular formula is C31H66N2O2. The first-order valence-corrected chi connectivity index (χ1v) is 14.5. The van der Waals surface area contributed by atoms with E-state index < -0.39 is 12.3 Å². The summed E-state index contributed by atoms with van der Waals surface area (Å²) in [5.74, 6) is 2.90. The summed E-state index contributed by atoms with van der Waals surface area (Å²) in [5.41, 5.74) is -0.0702. The molecule has 1 aliphatic carbocycles. The Hall–Kier alpha value is -0.160. The van der Waals surface area contributed by atoms with Gasteiger partial charge < -0.3 is 9.47 Å². The van der Waals surface area contributed by atoms with Gasteiger partial charge in [0, 0.05) is 30.3 Å². The van der Waals surface area contributed by atoms with Crippen LogP contribution in [0.1, 0.15) is 112 Å². The second kappa shape index (κ2) is 19.0. The van der Waals surface area contributed by atoms with Crippen LogP contribution in [0.5, 0.6) is 0 Å². The molecule has 0 aromatic carbocycles. The zero-order chi connectivity index (χ0) is 29.4. The quantitative estimate of drug-likeness (QED) is 0.358. The lowest BCUT2D eigenvalue weighted by Crippen LogP contribution is -2.37. The maximum atomic E-state index is 6.92. The molecular weight excluding hydrogens is 432 g/mol. The zero-order valence-electron chi connectivity index (χ0n) is 28.5. The van der Waals surface area contributed by atoms with E-state index in [1.807, 2.05) is 0 Å². The standard InChI is InChI=1S/C11H23NO.C9H19NO.C6H12.C5H12/c1-11(2,3)5-4-6-12-7-9-13-10-8-12;1-9(2)3-4-10-5-7-11-8-6-10;1-5(2)6-3-4-6;1-5(2,3)4/h4-10H2,1-3H3;9H,3-8H2,1-2H3;5-6H,3-4H2,1-2H3;1-4H3/i;;;1D3. The molecule has 0 radical (unpaired) electrons. The van der Waals surface area contributed by atoms with Gasteiger partial charge in [0.2, 0.25) is 0 Å². The van der Waals surface area contributed by atoms with Crippen LogP contribution in [0.3, 0.4) is 0 Å². The summed E-state index contributed by atoms with van der Waals surface area (Å²) in [6.07, 6.45) is 6.96. The summed E-state index contributed by atoms with van der Waals surface area (Å²) in [5, 5.41) is 0. The molecule has 0 atom stereocenters. The van der Waals surface area contributed by atoms with Gasteiger partial charge in [-0.1, -0.05) is 76.1 Å². The van der Waals surface area contributed by atoms with Gasteiger partial charge in [-0.25, -0.2) is 0 Å². The second-order valence-corrected chi connectivity index (χ2v) is 13.6. The number of nitrogens with zero attached hydrogens (tertiary/aromatic N) is 2. The van der Waals surface area contributed by atoms with E-state index in [1.165, 1.54) is 45.2 Å². The van der Waals surface area contributed by atoms with Crippen LogP contribution in [-0.4, -0.2) is 75.5 Å². The van der Waals surface area contributed by atoms with Gasteiger partial charge in [-0.05, 0) is 73.8 Å². The fourth-order valence-corrected chi connectivity index (χ4v) is 3.69. The van der Waals surface area contributed by atoms with Gasteiger partial charge in [0.05, 0.1) is 26.4 Å². The highest BCUT2D eigenvalue weighted by Crippen LogP contribution is 2.35. The maximum absolute atomic E-state index is 6.92. The van der Waals surface area contributed by atoms with Gasteiger partial charge in [0.25, 0.3) is 0 Å². The summed E-state index contributed by atoms with van der Waals surface area (Å²) in [6, 6.07) is 0. The zero-order valence-corrected chi connectivity index (χ0v) is 25.5. The molecule has 2 aliphatic heterocycles. The Bertz CT molecular complexity index is 541. The third kappa shape index (κ3) is 28.3. The van der Waals surface area contributed by atoms with Crippen molar-refractivity contribution < 1.29 is 13.6 Å². The molecule has 3 aliphatic rings. The SMILES string of the molecule is CC(C)(C)CCCN1CCOCC1.CC(C)C1CC1.CC(C)CCN1CCOCC1.[2H]C([2H])([2H])C(C)(C)C. The number of rotatable bonds is 7. The lowest BCUT2D eigenvalue weighted by Gasteiger charge is -2.27. The highest BCUT2D eigenvalue weighted by molar-refractivity contribution is 4.75. The van der Waals surface area contributed by atoms with Crippen molar-refractivity contribution >= 4 is 0 Å². The molecule has 0 unspecified atom stereocenters. The van der Waals surface area contributed by atoms with E-state index in [4.69, 9.17) is 13.6 Å². The largest absolute Gasteiger partial charge is 0.379 e. The van der Waals surface area contributed by atoms with Gasteiger partial charge in [-0.15, -0.1) is 0 Å². The lowest BCUT2D eigenvalue weighted by atomic mass is 9.90. The predicted molar refractivity (Wildman–Crippen MR) is 155 cm³/mol. The Morgan fingerprint density at radius 1 is 0.771 bits per heavy atom. The molecule has 4 heteroatoms. The molecule has 1 saturated carbocycles. The first-order valence-electron chi connectivity index (χ1n) is 16.0. The van der Waals surface area contributed by atoms with Crippen molar-refractivity contribution in [2.45, 2.75) is 108 Å². The van der Waals surface area contributed by atoms with E-state index in [9.17, 15) is 0 Å². The average Bonchev–Trinajstić information content (AvgIpc) is 3.64. The molecule has 212 valence electrons. The van der Waals surface area contributed by atoms with Gasteiger partial charge in [0.1, 0.15) is 0 Å². The van der Waals surface area contributed by atoms with E-state index in [1.54, 1.807) is 20.8 Å². The fourth-order valence-electron chi connectivity index (χ4n) is 3.69. The van der Waals surface area contributed by atoms with Crippen LogP contribution in [0, 0.1) is 28.6 Å². The van der Waals surface area contributed by atoms with Crippen molar-refractivity contribution in [3.8, 4) is 0 Å². The summed E-state index contributed by atoms with van der Waals surface area (Å²) >= 11 is 0. The van der Waals surface area contributed by atoms with Crippen LogP contribution in [0.25, 0.3) is 0 Å². The Kier molecular flexibility index (Phi) is 15.9. The molecule has 4 nitrogen and oxygen atoms in total. The van der Waals surface area contributed by atoms with Crippen LogP contribution in [0.4, 0.5) is 0 Å². The van der Waals surface area contributed by atoms with Crippen molar-refractivity contribution in [1.29, 1.82) is 0 Å². The highest BCUT2D eigenvalue weighted by atomic mass is 16.5. The summed E-state index contributed by atoms with van der Waals surface area (Å²) in [4.78, 5) is 5.00. The summed E-state index contributed by atoms with van der Waals surface area (Å²) in [6.45, 7) is 30.1. The highest BCUT2D eigenvalue weighted by Gasteiger charge is 2.24. The van der Waals surface area contributed by atoms with Crippen molar-refractivity contribution in [3.63, 3.8) is 0 Å². The van der Waals surface area contributed by atoms with Crippen LogP contribution >= 0.6 is 0 Å². The van der Waals surface area contributed by atoms with Gasteiger partial charge >= 0.3 is 0 Å². The number of ether oxygens (including phenoxy) is 2. The molecule has 0 spiro atoms. The predicted octanol–water partition coefficient (Wildman–Crippen LogP) is 7.61. The maximum Gasteiger partial charge on any atom is 0.0594 e. The van der Waals surface area contributed by atoms with E-state index in [0.29, 0.717) is 5.41 Å². The monoisotopic (exact) mass is 502 g/mol. The molecule has 0 amide bonds. The Morgan fingerprint density at radius 2 is 1.20 bits per heavy atom. The average molecular weight is 502 g/mol. The Labute approximate surface area is 226 Å². The molecule has 35 heavy (non-hydrogen) atoms. The van der Waals surface area contributed by atoms with Crippen LogP contribution in [0.2, 0.25) is 0 Å². The summed E-state index contributed by atoms with van der Waals surface area (Å²) in [7, 11) is 0. The molecule has 3 rings (SSSR count). The third-order valence-corrected chi connectivity index (χ3v) is 6.20. The molecule has 0 aromatic rings. The molecule has 0 aromatic heterocycles. The Balaban J connectivity index is 0.000000499. The molecule has 3 fully saturated rings. The molecule has 0 N–H and O–H groups in total. The second-order valence-electron chi connectivity index (χ2n) is 13.6. The van der Waals surface area contributed by atoms with Crippen LogP contribution < -0.4 is 0 Å². The van der Waals surface area contributed by atoms with E-state index >= 15 is 0 Å². The number of hydrogen-bond acceptors (Lipinski definition) is 4. The van der Waals surface area contributed by atoms with Gasteiger partial charge in [0.15, 0.2) is 0 Å². The minimum absolute atomic E-state index is 0.492. The normalized spacial score (nSPS) is 21.4. The smallest absolute Gasteiger partial charge is 0.0594 e. The summed E-state index contributed by atoms with van der Waals surface area (Å²) < 4.78 is 31.3. The number of morpholine rings is 2. The molecule has 2 saturated heterocycles. The lowest BCUT2D eigenvalue weighted by molar-refractivity contribution is 0.0359. The van der Waals surface area contributed by atoms with Gasteiger partial charge in [-0.2, -0.15) is 0 Å². The molecule has 0 bridgehead atoms. The van der Waals surface area contributed by atoms with E-state index in [0.717, 1.165) is 70.4 Å². The third-order valence-electron chi connectivity index (χ3n) is 6.20. The first-order chi connectivity index (χ1) is 17.4. The Morgan fingerprint density at radius 3 is 1.49 bits per heavy atom. The minimum Gasteiger partial charge on any atom is -0.379 e. The van der Waals surface area contributed by atoms with E-state index in [2.05, 4.69) is 58.3 Å². The van der Waals surface area contributed by atoms with Crippen molar-refractivity contribution in [2.75, 3.05) is 65.7 Å². The van der Waals surface area contributed by atoms with Crippen molar-refractivity contribution in [1.82, 2.24) is 9.80 Å². The van der Waals surface area contributed by atoms with Crippen molar-refractivity contribution in [3.05, 3.63) is 0 Å². The van der Waals surface area contributed by atoms with E-state index in [-0.39, 0.29) is 0 Å². The van der Waals surface area contributed by atoms with Gasteiger partial charge in [-0.3, -0.25) is 9.80 Å². The topological polar surface area (TPSA) is 24.9 Å². The van der Waals surface area contributed by atoms with Crippen LogP contribution in [-0.2, 0) is 9.47 Å². The first kappa shape index (κ1) is 29.4. The van der Waals surface area contributed by atoms with Crippen LogP contribution in [0.15, 0.2) is 0 Å². The minimum atomic E-state index is -1.81. The number of hydrogen-bond donors (Lipinski definition) is 0. The fraction of sp³-hybridized carbons (Fsp3) is 1.00.